The van der Waals surface area contributed by atoms with Crippen molar-refractivity contribution in [2.24, 2.45) is 0 Å². The molecule has 1 aliphatic heterocycles. The van der Waals surface area contributed by atoms with Gasteiger partial charge in [0.25, 0.3) is 11.8 Å². The number of nitrogens with one attached hydrogen (secondary N) is 2. The minimum Gasteiger partial charge on any atom is -0.360 e. The summed E-state index contributed by atoms with van der Waals surface area (Å²) >= 11 is 0. The van der Waals surface area contributed by atoms with Crippen molar-refractivity contribution >= 4 is 17.3 Å². The summed E-state index contributed by atoms with van der Waals surface area (Å²) in [6, 6.07) is 12.9. The van der Waals surface area contributed by atoms with Crippen LogP contribution in [-0.4, -0.2) is 74.4 Å². The van der Waals surface area contributed by atoms with Crippen LogP contribution in [0.3, 0.4) is 0 Å². The lowest BCUT2D eigenvalue weighted by Crippen LogP contribution is -2.55. The SMILES string of the molecule is CC(F)(F)Cn1cnc(-c2ccc(F)cc2)c1-c1ncc(C(=O)Nc2ccc(N3CC[N+](C)(O)CC3)cc2)[nH]1. The number of benzene rings is 2. The molecular weight excluding hydrogens is 511 g/mol. The molecule has 2 aromatic heterocycles. The predicted molar refractivity (Wildman–Crippen MR) is 140 cm³/mol. The number of hydrogen-bond donors (Lipinski definition) is 3. The standard InChI is InChI=1S/C27H28F3N7O2/c1-27(29,30)16-36-17-32-23(18-3-5-19(28)6-4-18)24(36)25-31-15-22(34-25)26(38)33-20-7-9-21(10-8-20)35-11-13-37(2,39)14-12-35/h3-10,15,17,39H,11-14,16H2,1-2H3,(H-,31,33,34,38)/p+1. The zero-order chi connectivity index (χ0) is 27.8. The third-order valence-electron chi connectivity index (χ3n) is 6.64. The molecule has 3 N–H and O–H groups in total. The molecule has 3 heterocycles. The Bertz CT molecular complexity index is 1450. The van der Waals surface area contributed by atoms with E-state index in [1.54, 1.807) is 19.2 Å². The highest BCUT2D eigenvalue weighted by Gasteiger charge is 2.28. The highest BCUT2D eigenvalue weighted by molar-refractivity contribution is 6.03. The van der Waals surface area contributed by atoms with Gasteiger partial charge in [-0.15, -0.1) is 0 Å². The van der Waals surface area contributed by atoms with Gasteiger partial charge in [-0.3, -0.25) is 4.79 Å². The molecule has 0 unspecified atom stereocenters. The summed E-state index contributed by atoms with van der Waals surface area (Å²) in [6.45, 7) is 2.83. The number of piperazine rings is 1. The van der Waals surface area contributed by atoms with Gasteiger partial charge in [0.2, 0.25) is 0 Å². The summed E-state index contributed by atoms with van der Waals surface area (Å²) in [6.07, 6.45) is 2.60. The van der Waals surface area contributed by atoms with Gasteiger partial charge in [0.15, 0.2) is 5.82 Å². The van der Waals surface area contributed by atoms with E-state index in [0.717, 1.165) is 25.7 Å². The second-order valence-corrected chi connectivity index (χ2v) is 10.1. The summed E-state index contributed by atoms with van der Waals surface area (Å²) < 4.78 is 42.6. The number of halogens is 3. The Morgan fingerprint density at radius 3 is 2.41 bits per heavy atom. The van der Waals surface area contributed by atoms with Gasteiger partial charge in [-0.05, 0) is 48.5 Å². The predicted octanol–water partition coefficient (Wildman–Crippen LogP) is 4.64. The number of rotatable bonds is 7. The number of amides is 1. The lowest BCUT2D eigenvalue weighted by atomic mass is 10.1. The molecule has 0 saturated carbocycles. The molecule has 1 saturated heterocycles. The van der Waals surface area contributed by atoms with Crippen molar-refractivity contribution < 1.29 is 27.8 Å². The summed E-state index contributed by atoms with van der Waals surface area (Å²) in [5.41, 5.74) is 2.79. The third-order valence-corrected chi connectivity index (χ3v) is 6.64. The van der Waals surface area contributed by atoms with Crippen LogP contribution < -0.4 is 10.2 Å². The number of quaternary nitrogens is 1. The number of carbonyl (C=O) groups excluding carboxylic acids is 1. The van der Waals surface area contributed by atoms with E-state index in [9.17, 15) is 23.2 Å². The molecule has 1 fully saturated rings. The van der Waals surface area contributed by atoms with Crippen molar-refractivity contribution in [2.45, 2.75) is 19.4 Å². The number of alkyl halides is 2. The quantitative estimate of drug-likeness (QED) is 0.297. The Labute approximate surface area is 223 Å². The first-order valence-electron chi connectivity index (χ1n) is 12.5. The van der Waals surface area contributed by atoms with Gasteiger partial charge < -0.3 is 19.8 Å². The van der Waals surface area contributed by atoms with Crippen LogP contribution in [0.4, 0.5) is 24.5 Å². The first-order chi connectivity index (χ1) is 18.5. The topological polar surface area (TPSA) is 99.1 Å². The lowest BCUT2D eigenvalue weighted by Gasteiger charge is -2.37. The van der Waals surface area contributed by atoms with Crippen molar-refractivity contribution in [3.63, 3.8) is 0 Å². The summed E-state index contributed by atoms with van der Waals surface area (Å²) in [4.78, 5) is 26.6. The monoisotopic (exact) mass is 540 g/mol. The van der Waals surface area contributed by atoms with Crippen LogP contribution >= 0.6 is 0 Å². The highest BCUT2D eigenvalue weighted by atomic mass is 19.3. The molecule has 4 aromatic rings. The van der Waals surface area contributed by atoms with Crippen LogP contribution in [0.2, 0.25) is 0 Å². The van der Waals surface area contributed by atoms with Gasteiger partial charge in [-0.1, -0.05) is 0 Å². The minimum atomic E-state index is -3.03. The van der Waals surface area contributed by atoms with Crippen molar-refractivity contribution in [3.05, 3.63) is 72.6 Å². The molecule has 9 nitrogen and oxygen atoms in total. The van der Waals surface area contributed by atoms with Crippen molar-refractivity contribution in [3.8, 4) is 22.8 Å². The molecule has 1 aliphatic rings. The third kappa shape index (κ3) is 6.13. The van der Waals surface area contributed by atoms with E-state index in [-0.39, 0.29) is 21.9 Å². The van der Waals surface area contributed by atoms with E-state index >= 15 is 0 Å². The molecule has 5 rings (SSSR count). The van der Waals surface area contributed by atoms with E-state index in [1.807, 2.05) is 12.1 Å². The number of nitrogens with zero attached hydrogens (tertiary/aromatic N) is 5. The van der Waals surface area contributed by atoms with Crippen LogP contribution in [0.5, 0.6) is 0 Å². The first-order valence-corrected chi connectivity index (χ1v) is 12.5. The van der Waals surface area contributed by atoms with Gasteiger partial charge in [0, 0.05) is 23.9 Å². The summed E-state index contributed by atoms with van der Waals surface area (Å²) in [5.74, 6) is -3.74. The van der Waals surface area contributed by atoms with Crippen LogP contribution in [0.25, 0.3) is 22.8 Å². The zero-order valence-corrected chi connectivity index (χ0v) is 21.5. The molecule has 0 spiro atoms. The van der Waals surface area contributed by atoms with Gasteiger partial charge >= 0.3 is 0 Å². The number of hydroxylamine groups is 3. The van der Waals surface area contributed by atoms with Gasteiger partial charge in [0.05, 0.1) is 44.9 Å². The average Bonchev–Trinajstić information content (AvgIpc) is 3.51. The van der Waals surface area contributed by atoms with Crippen LogP contribution in [-0.2, 0) is 6.54 Å². The molecule has 0 atom stereocenters. The largest absolute Gasteiger partial charge is 0.360 e. The smallest absolute Gasteiger partial charge is 0.273 e. The number of H-pyrrole nitrogens is 1. The number of carbonyl (C=O) groups is 1. The van der Waals surface area contributed by atoms with E-state index in [4.69, 9.17) is 0 Å². The fraction of sp³-hybridized carbons (Fsp3) is 0.296. The number of aromatic nitrogens is 4. The Morgan fingerprint density at radius 2 is 1.77 bits per heavy atom. The lowest BCUT2D eigenvalue weighted by molar-refractivity contribution is -1.09. The number of hydrogen-bond acceptors (Lipinski definition) is 5. The van der Waals surface area contributed by atoms with Crippen molar-refractivity contribution in [1.82, 2.24) is 19.5 Å². The molecule has 2 aromatic carbocycles. The van der Waals surface area contributed by atoms with E-state index in [0.29, 0.717) is 30.0 Å². The molecule has 0 radical (unpaired) electrons. The normalized spacial score (nSPS) is 15.4. The second kappa shape index (κ2) is 10.2. The maximum absolute atomic E-state index is 13.9. The summed E-state index contributed by atoms with van der Waals surface area (Å²) in [7, 11) is 1.79. The van der Waals surface area contributed by atoms with Gasteiger partial charge in [0.1, 0.15) is 30.3 Å². The van der Waals surface area contributed by atoms with E-state index < -0.39 is 24.2 Å². The molecular formula is C27H29F3N7O2+. The molecule has 204 valence electrons. The maximum Gasteiger partial charge on any atom is 0.273 e. The number of likely N-dealkylation sites (N-methyl/N-ethyl adjacent to an activating group) is 1. The van der Waals surface area contributed by atoms with Crippen LogP contribution in [0, 0.1) is 5.82 Å². The Hall–Kier alpha value is -4.16. The van der Waals surface area contributed by atoms with Crippen LogP contribution in [0.15, 0.2) is 61.1 Å². The van der Waals surface area contributed by atoms with E-state index in [1.165, 1.54) is 41.4 Å². The minimum absolute atomic E-state index is 0.00383. The molecule has 0 aliphatic carbocycles. The fourth-order valence-electron chi connectivity index (χ4n) is 4.53. The average molecular weight is 541 g/mol. The number of imidazole rings is 2. The van der Waals surface area contributed by atoms with E-state index in [2.05, 4.69) is 25.2 Å². The molecule has 1 amide bonds. The first kappa shape index (κ1) is 26.4. The summed E-state index contributed by atoms with van der Waals surface area (Å²) in [5, 5.41) is 12.9. The second-order valence-electron chi connectivity index (χ2n) is 10.1. The highest BCUT2D eigenvalue weighted by Crippen LogP contribution is 2.31. The fourth-order valence-corrected chi connectivity index (χ4v) is 4.53. The maximum atomic E-state index is 13.9. The van der Waals surface area contributed by atoms with Gasteiger partial charge in [-0.2, -0.15) is 4.65 Å². The Balaban J connectivity index is 1.35. The zero-order valence-electron chi connectivity index (χ0n) is 21.5. The number of anilines is 2. The Kier molecular flexibility index (Phi) is 6.91. The Morgan fingerprint density at radius 1 is 1.10 bits per heavy atom. The molecule has 39 heavy (non-hydrogen) atoms. The van der Waals surface area contributed by atoms with Gasteiger partial charge in [-0.25, -0.2) is 28.3 Å². The molecule has 0 bridgehead atoms. The number of aromatic amines is 1. The van der Waals surface area contributed by atoms with Crippen LogP contribution in [0.1, 0.15) is 17.4 Å². The van der Waals surface area contributed by atoms with Crippen molar-refractivity contribution in [2.75, 3.05) is 43.4 Å². The molecule has 12 heteroatoms. The van der Waals surface area contributed by atoms with Crippen molar-refractivity contribution in [1.29, 1.82) is 0 Å².